The van der Waals surface area contributed by atoms with Gasteiger partial charge in [0.25, 0.3) is 0 Å². The van der Waals surface area contributed by atoms with Crippen LogP contribution in [0.4, 0.5) is 0 Å². The molecule has 0 saturated heterocycles. The molecular weight excluding hydrogens is 324 g/mol. The van der Waals surface area contributed by atoms with Gasteiger partial charge in [-0.15, -0.1) is 0 Å². The molecule has 0 aliphatic carbocycles. The zero-order chi connectivity index (χ0) is 16.9. The first-order valence-corrected chi connectivity index (χ1v) is 8.88. The first-order chi connectivity index (χ1) is 11.6. The van der Waals surface area contributed by atoms with E-state index in [9.17, 15) is 9.59 Å². The first-order valence-electron chi connectivity index (χ1n) is 8.00. The Bertz CT molecular complexity index is 891. The molecule has 0 radical (unpaired) electrons. The van der Waals surface area contributed by atoms with Crippen molar-refractivity contribution in [1.29, 1.82) is 0 Å². The molecule has 3 aromatic rings. The number of aryl methyl sites for hydroxylation is 2. The molecule has 0 saturated carbocycles. The maximum Gasteiger partial charge on any atom is 0.307 e. The first kappa shape index (κ1) is 16.5. The summed E-state index contributed by atoms with van der Waals surface area (Å²) < 4.78 is 6.86. The van der Waals surface area contributed by atoms with Crippen molar-refractivity contribution in [1.82, 2.24) is 9.55 Å². The Labute approximate surface area is 143 Å². The fourth-order valence-corrected chi connectivity index (χ4v) is 3.52. The van der Waals surface area contributed by atoms with Crippen LogP contribution in [0.25, 0.3) is 10.9 Å². The lowest BCUT2D eigenvalue weighted by atomic mass is 10.1. The number of aromatic nitrogens is 2. The number of nitrogens with one attached hydrogen (secondary N) is 1. The molecule has 3 rings (SSSR count). The van der Waals surface area contributed by atoms with Crippen LogP contribution >= 0.6 is 11.3 Å². The lowest BCUT2D eigenvalue weighted by Gasteiger charge is -2.06. The summed E-state index contributed by atoms with van der Waals surface area (Å²) in [6, 6.07) is 8.14. The van der Waals surface area contributed by atoms with E-state index >= 15 is 0 Å². The Kier molecular flexibility index (Phi) is 5.15. The van der Waals surface area contributed by atoms with Gasteiger partial charge in [-0.3, -0.25) is 14.2 Å². The van der Waals surface area contributed by atoms with Gasteiger partial charge < -0.3 is 9.72 Å². The molecule has 0 fully saturated rings. The number of ether oxygens (including phenoxy) is 1. The van der Waals surface area contributed by atoms with E-state index in [1.807, 2.05) is 36.7 Å². The molecule has 6 heteroatoms. The van der Waals surface area contributed by atoms with Gasteiger partial charge >= 0.3 is 10.8 Å². The van der Waals surface area contributed by atoms with E-state index in [-0.39, 0.29) is 17.4 Å². The van der Waals surface area contributed by atoms with E-state index in [0.717, 1.165) is 24.1 Å². The van der Waals surface area contributed by atoms with Gasteiger partial charge in [-0.25, -0.2) is 0 Å². The van der Waals surface area contributed by atoms with Gasteiger partial charge in [0.15, 0.2) is 0 Å². The van der Waals surface area contributed by atoms with Gasteiger partial charge in [-0.2, -0.15) is 0 Å². The fraction of sp³-hybridized carbons (Fsp3) is 0.333. The van der Waals surface area contributed by atoms with Gasteiger partial charge in [-0.05, 0) is 31.4 Å². The van der Waals surface area contributed by atoms with Crippen LogP contribution in [-0.4, -0.2) is 22.1 Å². The Morgan fingerprint density at radius 2 is 2.17 bits per heavy atom. The predicted molar refractivity (Wildman–Crippen MR) is 95.5 cm³/mol. The number of carbonyl (C=O) groups is 1. The molecule has 5 nitrogen and oxygen atoms in total. The van der Waals surface area contributed by atoms with Crippen molar-refractivity contribution in [2.75, 3.05) is 6.61 Å². The fourth-order valence-electron chi connectivity index (χ4n) is 2.76. The topological polar surface area (TPSA) is 64.1 Å². The predicted octanol–water partition coefficient (Wildman–Crippen LogP) is 3.27. The molecule has 0 amide bonds. The third-order valence-electron chi connectivity index (χ3n) is 4.06. The van der Waals surface area contributed by atoms with Gasteiger partial charge in [-0.1, -0.05) is 29.5 Å². The molecular formula is C18H20N2O3S. The Hall–Kier alpha value is -2.34. The van der Waals surface area contributed by atoms with Crippen molar-refractivity contribution >= 4 is 28.2 Å². The minimum absolute atomic E-state index is 0.0112. The highest BCUT2D eigenvalue weighted by Gasteiger charge is 2.07. The molecule has 2 heterocycles. The van der Waals surface area contributed by atoms with Crippen LogP contribution in [0.3, 0.4) is 0 Å². The summed E-state index contributed by atoms with van der Waals surface area (Å²) in [4.78, 5) is 26.6. The molecule has 24 heavy (non-hydrogen) atoms. The van der Waals surface area contributed by atoms with Gasteiger partial charge in [0, 0.05) is 34.6 Å². The van der Waals surface area contributed by atoms with Crippen LogP contribution in [0, 0.1) is 6.92 Å². The van der Waals surface area contributed by atoms with Crippen molar-refractivity contribution in [2.45, 2.75) is 32.7 Å². The highest BCUT2D eigenvalue weighted by atomic mass is 32.1. The quantitative estimate of drug-likeness (QED) is 0.669. The van der Waals surface area contributed by atoms with E-state index in [1.54, 1.807) is 4.57 Å². The average molecular weight is 344 g/mol. The van der Waals surface area contributed by atoms with E-state index < -0.39 is 0 Å². The van der Waals surface area contributed by atoms with Gasteiger partial charge in [0.1, 0.15) is 6.61 Å². The number of thiazole rings is 1. The molecule has 126 valence electrons. The number of para-hydroxylation sites is 1. The summed E-state index contributed by atoms with van der Waals surface area (Å²) in [6.07, 6.45) is 3.97. The normalized spacial score (nSPS) is 11.0. The lowest BCUT2D eigenvalue weighted by molar-refractivity contribution is -0.144. The summed E-state index contributed by atoms with van der Waals surface area (Å²) in [6.45, 7) is 2.53. The number of fused-ring (bicyclic) bond motifs is 1. The second-order valence-corrected chi connectivity index (χ2v) is 6.55. The molecule has 2 aromatic heterocycles. The van der Waals surface area contributed by atoms with Gasteiger partial charge in [0.2, 0.25) is 0 Å². The largest absolute Gasteiger partial charge is 0.464 e. The maximum atomic E-state index is 11.8. The van der Waals surface area contributed by atoms with Crippen LogP contribution < -0.4 is 4.87 Å². The lowest BCUT2D eigenvalue weighted by Crippen LogP contribution is -2.19. The van der Waals surface area contributed by atoms with E-state index in [1.165, 1.54) is 22.3 Å². The van der Waals surface area contributed by atoms with Crippen LogP contribution in [0.5, 0.6) is 0 Å². The smallest absolute Gasteiger partial charge is 0.307 e. The number of rotatable bonds is 7. The standard InChI is InChI=1S/C18H20N2O3S/c1-13-12-24-18(22)20(13)9-10-23-17(21)8-4-5-14-11-19-16-7-3-2-6-15(14)16/h2-3,6-7,11-12,19H,4-5,8-10H2,1H3. The molecule has 0 aliphatic rings. The molecule has 1 N–H and O–H groups in total. The molecule has 1 aromatic carbocycles. The Balaban J connectivity index is 1.42. The number of nitrogens with zero attached hydrogens (tertiary/aromatic N) is 1. The number of benzene rings is 1. The molecule has 0 bridgehead atoms. The zero-order valence-electron chi connectivity index (χ0n) is 13.6. The minimum atomic E-state index is -0.212. The second-order valence-electron chi connectivity index (χ2n) is 5.73. The van der Waals surface area contributed by atoms with E-state index in [4.69, 9.17) is 4.74 Å². The van der Waals surface area contributed by atoms with Gasteiger partial charge in [0.05, 0.1) is 6.54 Å². The molecule has 0 aliphatic heterocycles. The van der Waals surface area contributed by atoms with E-state index in [2.05, 4.69) is 11.1 Å². The van der Waals surface area contributed by atoms with Crippen LogP contribution in [-0.2, 0) is 22.5 Å². The monoisotopic (exact) mass is 344 g/mol. The highest BCUT2D eigenvalue weighted by molar-refractivity contribution is 7.07. The van der Waals surface area contributed by atoms with Crippen LogP contribution in [0.15, 0.2) is 40.6 Å². The van der Waals surface area contributed by atoms with Crippen molar-refractivity contribution < 1.29 is 9.53 Å². The maximum absolute atomic E-state index is 11.8. The van der Waals surface area contributed by atoms with Crippen molar-refractivity contribution in [3.05, 3.63) is 56.8 Å². The van der Waals surface area contributed by atoms with E-state index in [0.29, 0.717) is 13.0 Å². The summed E-state index contributed by atoms with van der Waals surface area (Å²) in [7, 11) is 0. The third kappa shape index (κ3) is 3.76. The summed E-state index contributed by atoms with van der Waals surface area (Å²) >= 11 is 1.17. The zero-order valence-corrected chi connectivity index (χ0v) is 14.4. The number of hydrogen-bond donors (Lipinski definition) is 1. The SMILES string of the molecule is Cc1csc(=O)n1CCOC(=O)CCCc1c[nH]c2ccccc12. The number of esters is 1. The molecule has 0 atom stereocenters. The number of aromatic amines is 1. The molecule has 0 spiro atoms. The van der Waals surface area contributed by atoms with Crippen molar-refractivity contribution in [3.63, 3.8) is 0 Å². The number of hydrogen-bond acceptors (Lipinski definition) is 4. The summed E-state index contributed by atoms with van der Waals surface area (Å²) in [5.74, 6) is -0.212. The second kappa shape index (κ2) is 7.49. The number of carbonyl (C=O) groups excluding carboxylic acids is 1. The Morgan fingerprint density at radius 1 is 1.33 bits per heavy atom. The minimum Gasteiger partial charge on any atom is -0.464 e. The Morgan fingerprint density at radius 3 is 2.96 bits per heavy atom. The average Bonchev–Trinajstić information content (AvgIpc) is 3.13. The third-order valence-corrected chi connectivity index (χ3v) is 4.94. The summed E-state index contributed by atoms with van der Waals surface area (Å²) in [5.41, 5.74) is 3.24. The number of H-pyrrole nitrogens is 1. The van der Waals surface area contributed by atoms with Crippen molar-refractivity contribution in [3.8, 4) is 0 Å². The summed E-state index contributed by atoms with van der Waals surface area (Å²) in [5, 5.41) is 3.02. The van der Waals surface area contributed by atoms with Crippen LogP contribution in [0.2, 0.25) is 0 Å². The van der Waals surface area contributed by atoms with Crippen LogP contribution in [0.1, 0.15) is 24.1 Å². The van der Waals surface area contributed by atoms with Crippen molar-refractivity contribution in [2.24, 2.45) is 0 Å². The highest BCUT2D eigenvalue weighted by Crippen LogP contribution is 2.19. The molecule has 0 unspecified atom stereocenters.